The number of anilines is 1. The predicted octanol–water partition coefficient (Wildman–Crippen LogP) is 3.67. The van der Waals surface area contributed by atoms with Crippen LogP contribution in [0.1, 0.15) is 24.2 Å². The molecule has 2 heterocycles. The van der Waals surface area contributed by atoms with Gasteiger partial charge in [0.25, 0.3) is 0 Å². The third-order valence-electron chi connectivity index (χ3n) is 4.89. The Bertz CT molecular complexity index is 1130. The van der Waals surface area contributed by atoms with Crippen molar-refractivity contribution >= 4 is 38.3 Å². The van der Waals surface area contributed by atoms with Crippen LogP contribution < -0.4 is 9.62 Å². The van der Waals surface area contributed by atoms with Gasteiger partial charge >= 0.3 is 0 Å². The molecule has 0 unspecified atom stereocenters. The van der Waals surface area contributed by atoms with Crippen LogP contribution in [0.3, 0.4) is 0 Å². The van der Waals surface area contributed by atoms with Gasteiger partial charge in [-0.15, -0.1) is 0 Å². The van der Waals surface area contributed by atoms with Gasteiger partial charge in [-0.2, -0.15) is 0 Å². The number of sulfonamides is 1. The molecule has 4 rings (SSSR count). The van der Waals surface area contributed by atoms with Crippen LogP contribution in [0.25, 0.3) is 10.9 Å². The second-order valence-corrected chi connectivity index (χ2v) is 9.11. The summed E-state index contributed by atoms with van der Waals surface area (Å²) in [4.78, 5) is 11.7. The van der Waals surface area contributed by atoms with E-state index in [0.717, 1.165) is 48.2 Å². The van der Waals surface area contributed by atoms with Crippen LogP contribution in [-0.4, -0.2) is 31.5 Å². The number of aryl methyl sites for hydroxylation is 1. The van der Waals surface area contributed by atoms with E-state index in [9.17, 15) is 8.42 Å². The van der Waals surface area contributed by atoms with Crippen molar-refractivity contribution < 1.29 is 8.42 Å². The van der Waals surface area contributed by atoms with Gasteiger partial charge in [-0.3, -0.25) is 0 Å². The molecule has 0 bridgehead atoms. The minimum atomic E-state index is -3.70. The van der Waals surface area contributed by atoms with E-state index < -0.39 is 10.0 Å². The molecule has 146 valence electrons. The number of hydrogen-bond donors (Lipinski definition) is 1. The van der Waals surface area contributed by atoms with E-state index in [2.05, 4.69) is 14.6 Å². The highest BCUT2D eigenvalue weighted by atomic mass is 35.5. The van der Waals surface area contributed by atoms with Gasteiger partial charge in [0.05, 0.1) is 17.0 Å². The summed E-state index contributed by atoms with van der Waals surface area (Å²) in [6, 6.07) is 12.2. The fourth-order valence-electron chi connectivity index (χ4n) is 3.45. The molecular formula is C20H21ClN4O2S. The molecule has 1 N–H and O–H groups in total. The lowest BCUT2D eigenvalue weighted by molar-refractivity contribution is 0.579. The number of para-hydroxylation sites is 1. The third kappa shape index (κ3) is 3.83. The fourth-order valence-corrected chi connectivity index (χ4v) is 4.73. The second-order valence-electron chi connectivity index (χ2n) is 6.91. The van der Waals surface area contributed by atoms with E-state index in [1.54, 1.807) is 12.1 Å². The second kappa shape index (κ2) is 7.66. The molecule has 0 amide bonds. The highest BCUT2D eigenvalue weighted by Crippen LogP contribution is 2.28. The molecule has 0 radical (unpaired) electrons. The molecule has 0 aliphatic carbocycles. The number of halogens is 1. The first-order chi connectivity index (χ1) is 13.4. The van der Waals surface area contributed by atoms with Crippen LogP contribution in [0.15, 0.2) is 47.4 Å². The molecular weight excluding hydrogens is 396 g/mol. The number of fused-ring (bicyclic) bond motifs is 1. The molecule has 1 aliphatic rings. The first-order valence-electron chi connectivity index (χ1n) is 9.20. The summed E-state index contributed by atoms with van der Waals surface area (Å²) in [6.07, 6.45) is 2.27. The molecule has 1 fully saturated rings. The summed E-state index contributed by atoms with van der Waals surface area (Å²) >= 11 is 5.92. The molecule has 1 aromatic heterocycles. The molecule has 2 aromatic carbocycles. The van der Waals surface area contributed by atoms with Gasteiger partial charge in [-0.05, 0) is 49.6 Å². The number of hydrogen-bond acceptors (Lipinski definition) is 5. The number of nitrogens with one attached hydrogen (secondary N) is 1. The Balaban J connectivity index is 1.68. The van der Waals surface area contributed by atoms with E-state index >= 15 is 0 Å². The average molecular weight is 417 g/mol. The fraction of sp³-hybridized carbons (Fsp3) is 0.300. The normalized spacial score (nSPS) is 14.7. The Hall–Kier alpha value is -2.22. The topological polar surface area (TPSA) is 75.2 Å². The van der Waals surface area contributed by atoms with Gasteiger partial charge in [-0.1, -0.05) is 29.8 Å². The standard InChI is InChI=1S/C20H21ClN4O2S/c1-14-6-4-9-17-19(14)23-18(24-20(17)25-10-2-3-11-25)13-22-28(26,27)16-8-5-7-15(21)12-16/h4-9,12,22H,2-3,10-11,13H2,1H3. The van der Waals surface area contributed by atoms with Gasteiger partial charge in [0, 0.05) is 23.5 Å². The maximum atomic E-state index is 12.6. The summed E-state index contributed by atoms with van der Waals surface area (Å²) in [5.74, 6) is 1.33. The summed E-state index contributed by atoms with van der Waals surface area (Å²) in [6.45, 7) is 3.92. The van der Waals surface area contributed by atoms with Crippen LogP contribution in [0.2, 0.25) is 5.02 Å². The van der Waals surface area contributed by atoms with E-state index in [-0.39, 0.29) is 11.4 Å². The van der Waals surface area contributed by atoms with Crippen LogP contribution in [0, 0.1) is 6.92 Å². The first kappa shape index (κ1) is 19.1. The van der Waals surface area contributed by atoms with Gasteiger partial charge in [0.2, 0.25) is 10.0 Å². The van der Waals surface area contributed by atoms with Crippen molar-refractivity contribution in [2.45, 2.75) is 31.2 Å². The van der Waals surface area contributed by atoms with Crippen LogP contribution in [0.4, 0.5) is 5.82 Å². The quantitative estimate of drug-likeness (QED) is 0.686. The molecule has 0 spiro atoms. The number of nitrogens with zero attached hydrogens (tertiary/aromatic N) is 3. The van der Waals surface area contributed by atoms with E-state index in [4.69, 9.17) is 16.6 Å². The SMILES string of the molecule is Cc1cccc2c(N3CCCC3)nc(CNS(=O)(=O)c3cccc(Cl)c3)nc12. The van der Waals surface area contributed by atoms with Crippen molar-refractivity contribution in [3.8, 4) is 0 Å². The number of benzene rings is 2. The van der Waals surface area contributed by atoms with E-state index in [0.29, 0.717) is 10.8 Å². The van der Waals surface area contributed by atoms with E-state index in [1.165, 1.54) is 12.1 Å². The van der Waals surface area contributed by atoms with Gasteiger partial charge < -0.3 is 4.90 Å². The Morgan fingerprint density at radius 1 is 1.11 bits per heavy atom. The third-order valence-corrected chi connectivity index (χ3v) is 6.52. The Morgan fingerprint density at radius 3 is 2.61 bits per heavy atom. The van der Waals surface area contributed by atoms with Crippen molar-refractivity contribution in [1.29, 1.82) is 0 Å². The minimum Gasteiger partial charge on any atom is -0.356 e. The maximum absolute atomic E-state index is 12.6. The lowest BCUT2D eigenvalue weighted by Gasteiger charge is -2.20. The monoisotopic (exact) mass is 416 g/mol. The lowest BCUT2D eigenvalue weighted by atomic mass is 10.1. The van der Waals surface area contributed by atoms with Crippen molar-refractivity contribution in [2.24, 2.45) is 0 Å². The molecule has 28 heavy (non-hydrogen) atoms. The zero-order valence-corrected chi connectivity index (χ0v) is 17.1. The van der Waals surface area contributed by atoms with Crippen molar-refractivity contribution in [3.63, 3.8) is 0 Å². The molecule has 8 heteroatoms. The summed E-state index contributed by atoms with van der Waals surface area (Å²) in [5, 5.41) is 1.38. The smallest absolute Gasteiger partial charge is 0.241 e. The number of aromatic nitrogens is 2. The molecule has 0 saturated carbocycles. The van der Waals surface area contributed by atoms with Crippen molar-refractivity contribution in [3.05, 3.63) is 58.9 Å². The van der Waals surface area contributed by atoms with Crippen LogP contribution in [-0.2, 0) is 16.6 Å². The largest absolute Gasteiger partial charge is 0.356 e. The van der Waals surface area contributed by atoms with E-state index in [1.807, 2.05) is 25.1 Å². The summed E-state index contributed by atoms with van der Waals surface area (Å²) in [5.41, 5.74) is 1.90. The van der Waals surface area contributed by atoms with Gasteiger partial charge in [0.1, 0.15) is 11.6 Å². The highest BCUT2D eigenvalue weighted by Gasteiger charge is 2.20. The Kier molecular flexibility index (Phi) is 5.23. The Morgan fingerprint density at radius 2 is 1.86 bits per heavy atom. The molecule has 6 nitrogen and oxygen atoms in total. The summed E-state index contributed by atoms with van der Waals surface area (Å²) in [7, 11) is -3.70. The summed E-state index contributed by atoms with van der Waals surface area (Å²) < 4.78 is 27.8. The maximum Gasteiger partial charge on any atom is 0.241 e. The van der Waals surface area contributed by atoms with Crippen molar-refractivity contribution in [2.75, 3.05) is 18.0 Å². The van der Waals surface area contributed by atoms with Gasteiger partial charge in [0.15, 0.2) is 0 Å². The minimum absolute atomic E-state index is 0.0139. The van der Waals surface area contributed by atoms with Crippen LogP contribution >= 0.6 is 11.6 Å². The highest BCUT2D eigenvalue weighted by molar-refractivity contribution is 7.89. The van der Waals surface area contributed by atoms with Crippen LogP contribution in [0.5, 0.6) is 0 Å². The molecule has 1 saturated heterocycles. The number of rotatable bonds is 5. The first-order valence-corrected chi connectivity index (χ1v) is 11.1. The molecule has 0 atom stereocenters. The molecule has 3 aromatic rings. The zero-order chi connectivity index (χ0) is 19.7. The molecule has 1 aliphatic heterocycles. The van der Waals surface area contributed by atoms with Gasteiger partial charge in [-0.25, -0.2) is 23.1 Å². The van der Waals surface area contributed by atoms with Crippen molar-refractivity contribution in [1.82, 2.24) is 14.7 Å². The average Bonchev–Trinajstić information content (AvgIpc) is 3.21. The Labute approximate surface area is 169 Å². The predicted molar refractivity (Wildman–Crippen MR) is 111 cm³/mol. The lowest BCUT2D eigenvalue weighted by Crippen LogP contribution is -2.26. The zero-order valence-electron chi connectivity index (χ0n) is 15.5.